The van der Waals surface area contributed by atoms with Gasteiger partial charge in [-0.1, -0.05) is 18.2 Å². The van der Waals surface area contributed by atoms with Gasteiger partial charge in [0, 0.05) is 31.7 Å². The zero-order chi connectivity index (χ0) is 22.8. The number of hydrogen-bond donors (Lipinski definition) is 2. The van der Waals surface area contributed by atoms with E-state index in [0.29, 0.717) is 19.8 Å². The predicted molar refractivity (Wildman–Crippen MR) is 141 cm³/mol. The van der Waals surface area contributed by atoms with Gasteiger partial charge in [0.05, 0.1) is 20.8 Å². The lowest BCUT2D eigenvalue weighted by Gasteiger charge is -2.36. The second-order valence-corrected chi connectivity index (χ2v) is 7.96. The number of nitrogens with one attached hydrogen (secondary N) is 2. The average molecular weight is 571 g/mol. The zero-order valence-electron chi connectivity index (χ0n) is 19.7. The fraction of sp³-hybridized carbons (Fsp3) is 0.480. The average Bonchev–Trinajstić information content (AvgIpc) is 2.83. The van der Waals surface area contributed by atoms with Crippen molar-refractivity contribution in [3.05, 3.63) is 59.4 Å². The number of ether oxygens (including phenoxy) is 3. The Hall–Kier alpha value is -2.07. The van der Waals surface area contributed by atoms with Gasteiger partial charge in [0.15, 0.2) is 17.5 Å². The highest BCUT2D eigenvalue weighted by Crippen LogP contribution is 2.35. The van der Waals surface area contributed by atoms with E-state index < -0.39 is 0 Å². The zero-order valence-corrected chi connectivity index (χ0v) is 22.0. The number of aliphatic imine (C=N–C) groups is 1. The van der Waals surface area contributed by atoms with Crippen molar-refractivity contribution in [2.24, 2.45) is 4.99 Å². The molecule has 0 spiro atoms. The van der Waals surface area contributed by atoms with E-state index >= 15 is 0 Å². The molecule has 2 aromatic rings. The quantitative estimate of drug-likeness (QED) is 0.267. The lowest BCUT2D eigenvalue weighted by atomic mass is 9.74. The molecule has 33 heavy (non-hydrogen) atoms. The van der Waals surface area contributed by atoms with Gasteiger partial charge in [0.2, 0.25) is 0 Å². The first-order valence-electron chi connectivity index (χ1n) is 11.2. The van der Waals surface area contributed by atoms with Crippen molar-refractivity contribution in [1.29, 1.82) is 0 Å². The van der Waals surface area contributed by atoms with Gasteiger partial charge in [-0.15, -0.1) is 24.0 Å². The van der Waals surface area contributed by atoms with E-state index in [9.17, 15) is 4.39 Å². The third kappa shape index (κ3) is 7.46. The Morgan fingerprint density at radius 3 is 2.36 bits per heavy atom. The maximum atomic E-state index is 13.5. The summed E-state index contributed by atoms with van der Waals surface area (Å²) in [4.78, 5) is 4.90. The van der Waals surface area contributed by atoms with Gasteiger partial charge in [0.25, 0.3) is 0 Å². The molecular formula is C25H35FIN3O3. The molecule has 1 aliphatic heterocycles. The van der Waals surface area contributed by atoms with Gasteiger partial charge in [-0.05, 0) is 61.6 Å². The van der Waals surface area contributed by atoms with E-state index in [2.05, 4.69) is 17.6 Å². The summed E-state index contributed by atoms with van der Waals surface area (Å²) in [6.45, 7) is 5.55. The molecule has 0 aromatic heterocycles. The van der Waals surface area contributed by atoms with Gasteiger partial charge in [-0.2, -0.15) is 0 Å². The molecule has 0 saturated carbocycles. The van der Waals surface area contributed by atoms with Gasteiger partial charge < -0.3 is 24.8 Å². The maximum Gasteiger partial charge on any atom is 0.191 e. The second kappa shape index (κ2) is 13.6. The summed E-state index contributed by atoms with van der Waals surface area (Å²) < 4.78 is 29.8. The lowest BCUT2D eigenvalue weighted by molar-refractivity contribution is 0.0531. The molecule has 1 aliphatic rings. The molecule has 1 heterocycles. The molecule has 2 aromatic carbocycles. The molecule has 6 nitrogen and oxygen atoms in total. The summed E-state index contributed by atoms with van der Waals surface area (Å²) >= 11 is 0. The Balaban J connectivity index is 0.00000385. The Morgan fingerprint density at radius 1 is 1.03 bits per heavy atom. The Bertz CT molecular complexity index is 887. The van der Waals surface area contributed by atoms with Crippen LogP contribution in [0.4, 0.5) is 4.39 Å². The molecule has 0 aliphatic carbocycles. The Kier molecular flexibility index (Phi) is 11.2. The minimum atomic E-state index is -0.218. The summed E-state index contributed by atoms with van der Waals surface area (Å²) in [7, 11) is 3.28. The number of halogens is 2. The number of benzene rings is 2. The molecule has 0 unspecified atom stereocenters. The molecule has 3 rings (SSSR count). The highest BCUT2D eigenvalue weighted by molar-refractivity contribution is 14.0. The lowest BCUT2D eigenvalue weighted by Crippen LogP contribution is -2.41. The van der Waals surface area contributed by atoms with Crippen molar-refractivity contribution >= 4 is 29.9 Å². The smallest absolute Gasteiger partial charge is 0.191 e. The third-order valence-electron chi connectivity index (χ3n) is 5.94. The van der Waals surface area contributed by atoms with Crippen LogP contribution >= 0.6 is 24.0 Å². The Labute approximate surface area is 213 Å². The van der Waals surface area contributed by atoms with E-state index in [1.807, 2.05) is 30.3 Å². The standard InChI is InChI=1S/C25H34FN3O3.HI/c1-4-27-24(28-14-11-19-5-10-22(30-2)23(17-19)31-3)29-18-25(12-15-32-16-13-25)20-6-8-21(26)9-7-20;/h5-10,17H,4,11-16,18H2,1-3H3,(H2,27,28,29);1H. The van der Waals surface area contributed by atoms with E-state index in [1.54, 1.807) is 14.2 Å². The molecule has 8 heteroatoms. The number of methoxy groups -OCH3 is 2. The summed E-state index contributed by atoms with van der Waals surface area (Å²) in [5.74, 6) is 2.01. The topological polar surface area (TPSA) is 64.1 Å². The molecule has 1 saturated heterocycles. The number of hydrogen-bond acceptors (Lipinski definition) is 4. The fourth-order valence-corrected chi connectivity index (χ4v) is 4.04. The summed E-state index contributed by atoms with van der Waals surface area (Å²) in [5.41, 5.74) is 2.13. The van der Waals surface area contributed by atoms with Crippen LogP contribution < -0.4 is 20.1 Å². The molecule has 2 N–H and O–H groups in total. The van der Waals surface area contributed by atoms with Crippen LogP contribution in [0.15, 0.2) is 47.5 Å². The van der Waals surface area contributed by atoms with Crippen LogP contribution in [0.2, 0.25) is 0 Å². The normalized spacial score (nSPS) is 15.3. The highest BCUT2D eigenvalue weighted by Gasteiger charge is 2.34. The molecule has 0 amide bonds. The monoisotopic (exact) mass is 571 g/mol. The van der Waals surface area contributed by atoms with Crippen molar-refractivity contribution in [3.63, 3.8) is 0 Å². The van der Waals surface area contributed by atoms with Crippen molar-refractivity contribution in [2.45, 2.75) is 31.6 Å². The first kappa shape index (κ1) is 27.2. The van der Waals surface area contributed by atoms with E-state index in [-0.39, 0.29) is 35.2 Å². The van der Waals surface area contributed by atoms with Gasteiger partial charge in [-0.3, -0.25) is 4.99 Å². The van der Waals surface area contributed by atoms with Crippen molar-refractivity contribution in [3.8, 4) is 11.5 Å². The first-order chi connectivity index (χ1) is 15.6. The fourth-order valence-electron chi connectivity index (χ4n) is 4.04. The summed E-state index contributed by atoms with van der Waals surface area (Å²) in [6, 6.07) is 12.8. The minimum Gasteiger partial charge on any atom is -0.493 e. The molecule has 1 fully saturated rings. The number of nitrogens with zero attached hydrogens (tertiary/aromatic N) is 1. The van der Waals surface area contributed by atoms with Crippen LogP contribution in [0.5, 0.6) is 11.5 Å². The number of guanidine groups is 1. The third-order valence-corrected chi connectivity index (χ3v) is 5.94. The van der Waals surface area contributed by atoms with Gasteiger partial charge in [0.1, 0.15) is 5.82 Å². The molecule has 182 valence electrons. The highest BCUT2D eigenvalue weighted by atomic mass is 127. The van der Waals surface area contributed by atoms with E-state index in [1.165, 1.54) is 12.1 Å². The molecular weight excluding hydrogens is 536 g/mol. The van der Waals surface area contributed by atoms with Gasteiger partial charge in [-0.25, -0.2) is 4.39 Å². The van der Waals surface area contributed by atoms with E-state index in [4.69, 9.17) is 19.2 Å². The van der Waals surface area contributed by atoms with Crippen LogP contribution in [0.25, 0.3) is 0 Å². The maximum absolute atomic E-state index is 13.5. The van der Waals surface area contributed by atoms with Crippen molar-refractivity contribution in [2.75, 3.05) is 47.1 Å². The van der Waals surface area contributed by atoms with E-state index in [0.717, 1.165) is 60.9 Å². The van der Waals surface area contributed by atoms with Gasteiger partial charge >= 0.3 is 0 Å². The minimum absolute atomic E-state index is 0. The van der Waals surface area contributed by atoms with Crippen molar-refractivity contribution < 1.29 is 18.6 Å². The summed E-state index contributed by atoms with van der Waals surface area (Å²) in [5, 5.41) is 6.76. The Morgan fingerprint density at radius 2 is 1.73 bits per heavy atom. The predicted octanol–water partition coefficient (Wildman–Crippen LogP) is 4.31. The van der Waals surface area contributed by atoms with Crippen molar-refractivity contribution in [1.82, 2.24) is 10.6 Å². The van der Waals surface area contributed by atoms with Crippen LogP contribution in [0.1, 0.15) is 30.9 Å². The SMILES string of the molecule is CCNC(=NCC1(c2ccc(F)cc2)CCOCC1)NCCc1ccc(OC)c(OC)c1.I. The first-order valence-corrected chi connectivity index (χ1v) is 11.2. The number of rotatable bonds is 9. The largest absolute Gasteiger partial charge is 0.493 e. The van der Waals surface area contributed by atoms with Crippen LogP contribution in [0, 0.1) is 5.82 Å². The molecule has 0 bridgehead atoms. The second-order valence-electron chi connectivity index (χ2n) is 7.96. The summed E-state index contributed by atoms with van der Waals surface area (Å²) in [6.07, 6.45) is 2.56. The van der Waals surface area contributed by atoms with Crippen LogP contribution in [0.3, 0.4) is 0 Å². The van der Waals surface area contributed by atoms with Crippen LogP contribution in [-0.4, -0.2) is 53.0 Å². The molecule has 0 atom stereocenters. The van der Waals surface area contributed by atoms with Crippen LogP contribution in [-0.2, 0) is 16.6 Å². The molecule has 0 radical (unpaired) electrons.